The summed E-state index contributed by atoms with van der Waals surface area (Å²) in [6.45, 7) is 4.00. The van der Waals surface area contributed by atoms with E-state index in [1.807, 2.05) is 19.9 Å². The van der Waals surface area contributed by atoms with Crippen molar-refractivity contribution in [3.63, 3.8) is 0 Å². The van der Waals surface area contributed by atoms with Gasteiger partial charge < -0.3 is 9.88 Å². The molecule has 7 aromatic rings. The van der Waals surface area contributed by atoms with Crippen molar-refractivity contribution >= 4 is 44.9 Å². The highest BCUT2D eigenvalue weighted by molar-refractivity contribution is 6.20. The predicted molar refractivity (Wildman–Crippen MR) is 251 cm³/mol. The third-order valence-corrected chi connectivity index (χ3v) is 12.1. The van der Waals surface area contributed by atoms with E-state index in [4.69, 9.17) is 15.0 Å². The molecule has 1 aromatic heterocycles. The number of para-hydroxylation sites is 1. The fourth-order valence-corrected chi connectivity index (χ4v) is 9.46. The van der Waals surface area contributed by atoms with Gasteiger partial charge in [-0.15, -0.1) is 0 Å². The number of nitrogens with one attached hydrogen (secondary N) is 1. The molecule has 6 aromatic carbocycles. The summed E-state index contributed by atoms with van der Waals surface area (Å²) in [5.41, 5.74) is 11.9. The molecule has 0 fully saturated rings. The smallest absolute Gasteiger partial charge is 0.169 e. The Morgan fingerprint density at radius 2 is 1.27 bits per heavy atom. The molecule has 1 N–H and O–H groups in total. The number of allylic oxidation sites excluding steroid dienone is 5. The number of benzene rings is 6. The molecule has 3 heterocycles. The van der Waals surface area contributed by atoms with E-state index in [0.29, 0.717) is 0 Å². The average molecular weight is 778 g/mol. The van der Waals surface area contributed by atoms with Crippen molar-refractivity contribution < 1.29 is 0 Å². The summed E-state index contributed by atoms with van der Waals surface area (Å²) in [7, 11) is 0. The first-order valence-corrected chi connectivity index (χ1v) is 21.3. The van der Waals surface area contributed by atoms with Gasteiger partial charge in [-0.25, -0.2) is 9.98 Å². The maximum atomic E-state index is 5.60. The van der Waals surface area contributed by atoms with E-state index in [2.05, 4.69) is 198 Å². The Bertz CT molecular complexity index is 2890. The Morgan fingerprint density at radius 3 is 1.95 bits per heavy atom. The lowest BCUT2D eigenvalue weighted by Crippen LogP contribution is -2.39. The van der Waals surface area contributed by atoms with Gasteiger partial charge in [0.05, 0.1) is 28.4 Å². The minimum absolute atomic E-state index is 0.0370. The summed E-state index contributed by atoms with van der Waals surface area (Å²) in [6, 6.07) is 56.6. The summed E-state index contributed by atoms with van der Waals surface area (Å²) >= 11 is 0. The lowest BCUT2D eigenvalue weighted by molar-refractivity contribution is 0.636. The maximum absolute atomic E-state index is 5.60. The van der Waals surface area contributed by atoms with Gasteiger partial charge in [-0.1, -0.05) is 190 Å². The molecule has 0 saturated carbocycles. The van der Waals surface area contributed by atoms with E-state index in [9.17, 15) is 0 Å². The van der Waals surface area contributed by atoms with Crippen molar-refractivity contribution in [1.29, 1.82) is 0 Å². The molecule has 0 amide bonds. The Morgan fingerprint density at radius 1 is 0.633 bits per heavy atom. The minimum atomic E-state index is -0.632. The fraction of sp³-hybridized carbons (Fsp3) is 0.145. The number of fused-ring (bicyclic) bond motifs is 4. The highest BCUT2D eigenvalue weighted by Crippen LogP contribution is 2.53. The van der Waals surface area contributed by atoms with Crippen LogP contribution in [0.4, 0.5) is 5.69 Å². The van der Waals surface area contributed by atoms with Crippen molar-refractivity contribution in [2.24, 2.45) is 15.0 Å². The van der Waals surface area contributed by atoms with Crippen LogP contribution in [0.1, 0.15) is 67.0 Å². The first kappa shape index (κ1) is 37.2. The van der Waals surface area contributed by atoms with Crippen molar-refractivity contribution in [3.8, 4) is 0 Å². The zero-order valence-electron chi connectivity index (χ0n) is 34.0. The van der Waals surface area contributed by atoms with Crippen molar-refractivity contribution in [3.05, 3.63) is 233 Å². The largest absolute Gasteiger partial charge is 0.333 e. The molecular formula is C55H47N5. The van der Waals surface area contributed by atoms with E-state index in [1.54, 1.807) is 0 Å². The third-order valence-electron chi connectivity index (χ3n) is 12.1. The SMILES string of the molecule is C1=CC(n2c3ccccc3c3cc4c(cc32)C(c2ccccc2)(c2ccccc2)C(c2ccccc2)=N4)CC(C2=NC(C3=CCCC=C3)N=C(c3ccccc3)N2)=C1.CC. The van der Waals surface area contributed by atoms with E-state index < -0.39 is 5.41 Å². The second-order valence-electron chi connectivity index (χ2n) is 15.4. The average Bonchev–Trinajstić information content (AvgIpc) is 3.85. The van der Waals surface area contributed by atoms with Crippen molar-refractivity contribution in [2.45, 2.75) is 50.7 Å². The van der Waals surface area contributed by atoms with E-state index in [0.717, 1.165) is 64.6 Å². The lowest BCUT2D eigenvalue weighted by Gasteiger charge is -2.34. The van der Waals surface area contributed by atoms with Crippen LogP contribution in [0, 0.1) is 0 Å². The monoisotopic (exact) mass is 777 g/mol. The lowest BCUT2D eigenvalue weighted by atomic mass is 9.65. The van der Waals surface area contributed by atoms with Gasteiger partial charge in [0.1, 0.15) is 11.7 Å². The van der Waals surface area contributed by atoms with Gasteiger partial charge in [0, 0.05) is 33.8 Å². The Kier molecular flexibility index (Phi) is 9.86. The predicted octanol–water partition coefficient (Wildman–Crippen LogP) is 12.8. The molecular weight excluding hydrogens is 731 g/mol. The summed E-state index contributed by atoms with van der Waals surface area (Å²) in [4.78, 5) is 16.0. The maximum Gasteiger partial charge on any atom is 0.169 e. The molecule has 4 aliphatic rings. The third kappa shape index (κ3) is 6.29. The molecule has 0 spiro atoms. The fourth-order valence-electron chi connectivity index (χ4n) is 9.46. The van der Waals surface area contributed by atoms with Crippen molar-refractivity contribution in [1.82, 2.24) is 9.88 Å². The van der Waals surface area contributed by atoms with Gasteiger partial charge in [0.2, 0.25) is 0 Å². The van der Waals surface area contributed by atoms with Crippen LogP contribution >= 0.6 is 0 Å². The van der Waals surface area contributed by atoms with Crippen LogP contribution in [0.15, 0.2) is 220 Å². The van der Waals surface area contributed by atoms with Crippen LogP contribution in [0.5, 0.6) is 0 Å². The number of amidine groups is 2. The zero-order chi connectivity index (χ0) is 40.5. The molecule has 2 aliphatic heterocycles. The first-order valence-electron chi connectivity index (χ1n) is 21.3. The molecule has 292 valence electrons. The topological polar surface area (TPSA) is 54.0 Å². The number of aliphatic imine (C=N–C) groups is 3. The normalized spacial score (nSPS) is 18.9. The molecule has 60 heavy (non-hydrogen) atoms. The number of nitrogens with zero attached hydrogens (tertiary/aromatic N) is 4. The van der Waals surface area contributed by atoms with Crippen molar-refractivity contribution in [2.75, 3.05) is 0 Å². The Labute approximate surface area is 352 Å². The van der Waals surface area contributed by atoms with Crippen LogP contribution in [-0.2, 0) is 5.41 Å². The van der Waals surface area contributed by atoms with Crippen LogP contribution in [-0.4, -0.2) is 28.1 Å². The van der Waals surface area contributed by atoms with Gasteiger partial charge in [-0.3, -0.25) is 4.99 Å². The minimum Gasteiger partial charge on any atom is -0.333 e. The van der Waals surface area contributed by atoms with E-state index in [1.165, 1.54) is 38.5 Å². The molecule has 5 nitrogen and oxygen atoms in total. The number of hydrogen-bond acceptors (Lipinski definition) is 4. The van der Waals surface area contributed by atoms with Crippen LogP contribution in [0.3, 0.4) is 0 Å². The quantitative estimate of drug-likeness (QED) is 0.172. The Hall–Kier alpha value is -7.11. The van der Waals surface area contributed by atoms with Gasteiger partial charge >= 0.3 is 0 Å². The number of rotatable bonds is 7. The van der Waals surface area contributed by atoms with E-state index >= 15 is 0 Å². The van der Waals surface area contributed by atoms with Gasteiger partial charge in [-0.05, 0) is 58.9 Å². The molecule has 0 radical (unpaired) electrons. The van der Waals surface area contributed by atoms with Gasteiger partial charge in [0.25, 0.3) is 0 Å². The first-order chi connectivity index (χ1) is 29.8. The molecule has 11 rings (SSSR count). The summed E-state index contributed by atoms with van der Waals surface area (Å²) in [6.07, 6.45) is 16.0. The van der Waals surface area contributed by atoms with Gasteiger partial charge in [-0.2, -0.15) is 0 Å². The molecule has 2 aliphatic carbocycles. The molecule has 0 bridgehead atoms. The van der Waals surface area contributed by atoms with E-state index in [-0.39, 0.29) is 12.2 Å². The number of hydrogen-bond donors (Lipinski definition) is 1. The summed E-state index contributed by atoms with van der Waals surface area (Å²) in [5.74, 6) is 1.73. The molecule has 0 saturated heterocycles. The highest BCUT2D eigenvalue weighted by Gasteiger charge is 2.47. The van der Waals surface area contributed by atoms with Gasteiger partial charge in [0.15, 0.2) is 6.17 Å². The summed E-state index contributed by atoms with van der Waals surface area (Å²) in [5, 5.41) is 6.10. The highest BCUT2D eigenvalue weighted by atomic mass is 15.2. The Balaban J connectivity index is 0.00000213. The summed E-state index contributed by atoms with van der Waals surface area (Å²) < 4.78 is 2.55. The molecule has 2 atom stereocenters. The number of aromatic nitrogens is 1. The molecule has 2 unspecified atom stereocenters. The second-order valence-corrected chi connectivity index (χ2v) is 15.4. The van der Waals surface area contributed by atoms with Crippen LogP contribution < -0.4 is 5.32 Å². The second kappa shape index (κ2) is 15.9. The van der Waals surface area contributed by atoms with Crippen LogP contribution in [0.25, 0.3) is 21.8 Å². The standard InChI is InChI=1S/C53H41N5.C2H6/c1-6-19-36(20-7-1)49-53(40-26-12-4-13-27-40,41-28-14-5-15-29-41)45-35-48-44(34-46(45)54-49)43-31-16-17-32-47(43)58(48)42-30-18-25-39(33-42)52-56-50(37-21-8-2-9-22-37)55-51(57-52)38-23-10-3-11-24-38;1-2/h1-2,4-10,12-32,34-35,42,51H,3,11,33H2,(H,55,56,57);1-2H3. The molecule has 5 heteroatoms. The zero-order valence-corrected chi connectivity index (χ0v) is 34.0. The van der Waals surface area contributed by atoms with Crippen LogP contribution in [0.2, 0.25) is 0 Å².